The summed E-state index contributed by atoms with van der Waals surface area (Å²) in [5.41, 5.74) is 7.52. The van der Waals surface area contributed by atoms with Crippen LogP contribution in [0, 0.1) is 6.92 Å². The molecule has 0 unspecified atom stereocenters. The molecule has 0 aromatic heterocycles. The molecule has 1 amide bonds. The topological polar surface area (TPSA) is 53.9 Å². The van der Waals surface area contributed by atoms with E-state index in [1.54, 1.807) is 6.21 Å². The number of benzene rings is 3. The monoisotopic (exact) mass is 457 g/mol. The molecule has 0 spiro atoms. The first-order chi connectivity index (χ1) is 16.2. The Balaban J connectivity index is 1.45. The van der Waals surface area contributed by atoms with Crippen molar-refractivity contribution in [1.82, 2.24) is 5.43 Å². The van der Waals surface area contributed by atoms with Crippen molar-refractivity contribution in [3.63, 3.8) is 0 Å². The molecule has 1 heterocycles. The first-order valence-corrected chi connectivity index (χ1v) is 12.0. The number of carbonyl (C=O) groups excluding carboxylic acids is 1. The predicted octanol–water partition coefficient (Wildman–Crippen LogP) is 6.18. The number of hydrogen-bond acceptors (Lipinski definition) is 4. The summed E-state index contributed by atoms with van der Waals surface area (Å²) in [5.74, 6) is 0.853. The Hall–Kier alpha value is -3.34. The van der Waals surface area contributed by atoms with E-state index < -0.39 is 0 Å². The number of carbonyl (C=O) groups is 1. The van der Waals surface area contributed by atoms with Crippen LogP contribution in [0.5, 0.6) is 5.75 Å². The molecule has 3 aromatic carbocycles. The van der Waals surface area contributed by atoms with Gasteiger partial charge in [-0.25, -0.2) is 5.43 Å². The molecule has 4 rings (SSSR count). The van der Waals surface area contributed by atoms with Gasteiger partial charge in [0.25, 0.3) is 5.91 Å². The maximum absolute atomic E-state index is 12.3. The van der Waals surface area contributed by atoms with Gasteiger partial charge in [-0.15, -0.1) is 0 Å². The van der Waals surface area contributed by atoms with Gasteiger partial charge < -0.3 is 9.64 Å². The fraction of sp³-hybridized carbons (Fsp3) is 0.379. The van der Waals surface area contributed by atoms with Crippen LogP contribution in [0.4, 0.5) is 5.69 Å². The molecule has 0 bridgehead atoms. The van der Waals surface area contributed by atoms with Gasteiger partial charge in [0.2, 0.25) is 0 Å². The number of amides is 1. The van der Waals surface area contributed by atoms with Gasteiger partial charge in [-0.2, -0.15) is 5.10 Å². The molecule has 34 heavy (non-hydrogen) atoms. The SMILES string of the molecule is Cc1cc2c(cc1/C=N/NC(=O)COc1cccc3ccccc13)[C@H](C)CC(C)(C)N2C(C)C. The second kappa shape index (κ2) is 9.49. The van der Waals surface area contributed by atoms with Gasteiger partial charge in [-0.05, 0) is 87.2 Å². The molecule has 0 radical (unpaired) electrons. The third-order valence-electron chi connectivity index (χ3n) is 6.68. The molecule has 0 aliphatic carbocycles. The minimum absolute atomic E-state index is 0.0933. The van der Waals surface area contributed by atoms with Crippen LogP contribution in [0.15, 0.2) is 59.7 Å². The van der Waals surface area contributed by atoms with Gasteiger partial charge in [-0.3, -0.25) is 4.79 Å². The smallest absolute Gasteiger partial charge is 0.277 e. The maximum Gasteiger partial charge on any atom is 0.277 e. The Labute approximate surface area is 202 Å². The van der Waals surface area contributed by atoms with Crippen LogP contribution in [0.1, 0.15) is 63.6 Å². The normalized spacial score (nSPS) is 17.3. The molecule has 0 saturated carbocycles. The van der Waals surface area contributed by atoms with Crippen LogP contribution in [-0.4, -0.2) is 30.3 Å². The van der Waals surface area contributed by atoms with Gasteiger partial charge in [0.1, 0.15) is 5.75 Å². The molecule has 1 N–H and O–H groups in total. The van der Waals surface area contributed by atoms with E-state index in [1.807, 2.05) is 42.5 Å². The van der Waals surface area contributed by atoms with Crippen LogP contribution >= 0.6 is 0 Å². The Morgan fingerprint density at radius 3 is 2.71 bits per heavy atom. The number of ether oxygens (including phenoxy) is 1. The number of hydrogen-bond donors (Lipinski definition) is 1. The average Bonchev–Trinajstić information content (AvgIpc) is 2.77. The fourth-order valence-electron chi connectivity index (χ4n) is 5.40. The molecule has 1 aliphatic heterocycles. The Kier molecular flexibility index (Phi) is 6.65. The minimum Gasteiger partial charge on any atom is -0.483 e. The van der Waals surface area contributed by atoms with Crippen LogP contribution in [-0.2, 0) is 4.79 Å². The highest BCUT2D eigenvalue weighted by atomic mass is 16.5. The average molecular weight is 458 g/mol. The number of rotatable bonds is 6. The van der Waals surface area contributed by atoms with Crippen LogP contribution in [0.25, 0.3) is 10.8 Å². The molecular formula is C29H35N3O2. The molecule has 1 atom stereocenters. The molecule has 0 saturated heterocycles. The maximum atomic E-state index is 12.3. The highest BCUT2D eigenvalue weighted by molar-refractivity contribution is 5.89. The van der Waals surface area contributed by atoms with E-state index in [1.165, 1.54) is 11.3 Å². The van der Waals surface area contributed by atoms with E-state index in [4.69, 9.17) is 4.74 Å². The lowest BCUT2D eigenvalue weighted by molar-refractivity contribution is -0.123. The molecular weight excluding hydrogens is 422 g/mol. The second-order valence-electron chi connectivity index (χ2n) is 10.2. The van der Waals surface area contributed by atoms with Gasteiger partial charge in [0.05, 0.1) is 6.21 Å². The zero-order valence-electron chi connectivity index (χ0n) is 21.1. The highest BCUT2D eigenvalue weighted by Crippen LogP contribution is 2.45. The second-order valence-corrected chi connectivity index (χ2v) is 10.2. The summed E-state index contributed by atoms with van der Waals surface area (Å²) in [5, 5.41) is 6.28. The Morgan fingerprint density at radius 1 is 1.21 bits per heavy atom. The summed E-state index contributed by atoms with van der Waals surface area (Å²) in [7, 11) is 0. The third-order valence-corrected chi connectivity index (χ3v) is 6.68. The van der Waals surface area contributed by atoms with Crippen molar-refractivity contribution in [1.29, 1.82) is 0 Å². The van der Waals surface area contributed by atoms with Crippen molar-refractivity contribution >= 4 is 28.6 Å². The molecule has 0 fully saturated rings. The quantitative estimate of drug-likeness (QED) is 0.355. The number of nitrogens with zero attached hydrogens (tertiary/aromatic N) is 2. The summed E-state index contributed by atoms with van der Waals surface area (Å²) >= 11 is 0. The lowest BCUT2D eigenvalue weighted by Gasteiger charge is -2.50. The minimum atomic E-state index is -0.291. The summed E-state index contributed by atoms with van der Waals surface area (Å²) < 4.78 is 5.76. The number of anilines is 1. The Morgan fingerprint density at radius 2 is 1.94 bits per heavy atom. The fourth-order valence-corrected chi connectivity index (χ4v) is 5.40. The molecule has 3 aromatic rings. The summed E-state index contributed by atoms with van der Waals surface area (Å²) in [6.45, 7) is 13.5. The number of aryl methyl sites for hydroxylation is 1. The van der Waals surface area contributed by atoms with Crippen molar-refractivity contribution < 1.29 is 9.53 Å². The van der Waals surface area contributed by atoms with Crippen molar-refractivity contribution in [2.75, 3.05) is 11.5 Å². The van der Waals surface area contributed by atoms with Crippen molar-refractivity contribution in [3.8, 4) is 5.75 Å². The van der Waals surface area contributed by atoms with Crippen molar-refractivity contribution in [3.05, 3.63) is 71.3 Å². The molecule has 178 valence electrons. The number of fused-ring (bicyclic) bond motifs is 2. The zero-order valence-corrected chi connectivity index (χ0v) is 21.1. The largest absolute Gasteiger partial charge is 0.483 e. The summed E-state index contributed by atoms with van der Waals surface area (Å²) in [6.07, 6.45) is 2.83. The lowest BCUT2D eigenvalue weighted by Crippen LogP contribution is -2.51. The first-order valence-electron chi connectivity index (χ1n) is 12.0. The van der Waals surface area contributed by atoms with Gasteiger partial charge >= 0.3 is 0 Å². The lowest BCUT2D eigenvalue weighted by atomic mass is 9.78. The van der Waals surface area contributed by atoms with E-state index in [9.17, 15) is 4.79 Å². The van der Waals surface area contributed by atoms with Gasteiger partial charge in [-0.1, -0.05) is 43.3 Å². The standard InChI is InChI=1S/C29H35N3O2/c1-19(2)32-26-14-20(3)23(15-25(26)21(4)16-29(32,5)6)17-30-31-28(33)18-34-27-13-9-11-22-10-7-8-12-24(22)27/h7-15,17,19,21H,16,18H2,1-6H3,(H,31,33)/b30-17+/t21-/m1/s1. The first kappa shape index (κ1) is 23.8. The number of nitrogens with one attached hydrogen (secondary N) is 1. The van der Waals surface area contributed by atoms with Crippen LogP contribution < -0.4 is 15.1 Å². The van der Waals surface area contributed by atoms with Gasteiger partial charge in [0.15, 0.2) is 6.61 Å². The van der Waals surface area contributed by atoms with E-state index in [-0.39, 0.29) is 18.1 Å². The Bertz CT molecular complexity index is 1220. The summed E-state index contributed by atoms with van der Waals surface area (Å²) in [4.78, 5) is 14.9. The van der Waals surface area contributed by atoms with Crippen molar-refractivity contribution in [2.45, 2.75) is 65.5 Å². The molecule has 5 nitrogen and oxygen atoms in total. The number of hydrazone groups is 1. The third kappa shape index (κ3) is 4.79. The van der Waals surface area contributed by atoms with E-state index in [2.05, 4.69) is 69.1 Å². The van der Waals surface area contributed by atoms with Crippen LogP contribution in [0.3, 0.4) is 0 Å². The summed E-state index contributed by atoms with van der Waals surface area (Å²) in [6, 6.07) is 18.7. The molecule has 5 heteroatoms. The van der Waals surface area contributed by atoms with Crippen LogP contribution in [0.2, 0.25) is 0 Å². The van der Waals surface area contributed by atoms with Crippen molar-refractivity contribution in [2.24, 2.45) is 5.10 Å². The van der Waals surface area contributed by atoms with E-state index in [0.29, 0.717) is 17.7 Å². The van der Waals surface area contributed by atoms with E-state index in [0.717, 1.165) is 28.3 Å². The van der Waals surface area contributed by atoms with E-state index >= 15 is 0 Å². The predicted molar refractivity (Wildman–Crippen MR) is 141 cm³/mol. The zero-order chi connectivity index (χ0) is 24.5. The molecule has 1 aliphatic rings. The van der Waals surface area contributed by atoms with Gasteiger partial charge in [0, 0.05) is 22.7 Å². The highest BCUT2D eigenvalue weighted by Gasteiger charge is 2.37.